The lowest BCUT2D eigenvalue weighted by molar-refractivity contribution is -0.384. The lowest BCUT2D eigenvalue weighted by atomic mass is 10.1. The Kier molecular flexibility index (Phi) is 7.95. The van der Waals surface area contributed by atoms with Crippen molar-refractivity contribution in [3.8, 4) is 28.8 Å². The Morgan fingerprint density at radius 3 is 2.63 bits per heavy atom. The second kappa shape index (κ2) is 11.7. The summed E-state index contributed by atoms with van der Waals surface area (Å²) in [6.07, 6.45) is 1.50. The van der Waals surface area contributed by atoms with E-state index in [2.05, 4.69) is 20.5 Å². The standard InChI is InChI=1S/C26H19ClN6O5/c1-37-22-9-7-16(11-18(22)15-38-23-10-8-19(33(35)36)12-21(23)27)14-29-32-26-30-24(17-5-3-2-4-6-17)20(13-28)25(34)31-26/h2-12,14H,15H2,1H3,(H2,30,31,32,34). The topological polar surface area (TPSA) is 156 Å². The number of hydrogen-bond acceptors (Lipinski definition) is 9. The summed E-state index contributed by atoms with van der Waals surface area (Å²) in [6, 6.07) is 20.0. The van der Waals surface area contributed by atoms with Crippen LogP contribution in [0.25, 0.3) is 11.3 Å². The third kappa shape index (κ3) is 5.95. The SMILES string of the molecule is COc1ccc(C=NNc2nc(-c3ccccc3)c(C#N)c(=O)[nH]2)cc1COc1ccc([N+](=O)[O-])cc1Cl. The van der Waals surface area contributed by atoms with Gasteiger partial charge in [0.1, 0.15) is 29.7 Å². The number of aromatic amines is 1. The summed E-state index contributed by atoms with van der Waals surface area (Å²) in [5.41, 5.74) is 4.05. The number of hydrazone groups is 1. The summed E-state index contributed by atoms with van der Waals surface area (Å²) in [5, 5.41) is 24.6. The number of hydrogen-bond donors (Lipinski definition) is 2. The van der Waals surface area contributed by atoms with Crippen LogP contribution in [-0.2, 0) is 6.61 Å². The van der Waals surface area contributed by atoms with Crippen LogP contribution in [-0.4, -0.2) is 28.2 Å². The second-order valence-electron chi connectivity index (χ2n) is 7.72. The highest BCUT2D eigenvalue weighted by molar-refractivity contribution is 6.32. The van der Waals surface area contributed by atoms with Gasteiger partial charge in [0.15, 0.2) is 0 Å². The number of nitro benzene ring substituents is 1. The summed E-state index contributed by atoms with van der Waals surface area (Å²) in [5.74, 6) is 0.901. The van der Waals surface area contributed by atoms with Crippen LogP contribution in [0.15, 0.2) is 76.6 Å². The van der Waals surface area contributed by atoms with Gasteiger partial charge in [-0.1, -0.05) is 41.9 Å². The summed E-state index contributed by atoms with van der Waals surface area (Å²) in [7, 11) is 1.52. The minimum atomic E-state index is -0.590. The Labute approximate surface area is 221 Å². The maximum Gasteiger partial charge on any atom is 0.271 e. The zero-order valence-electron chi connectivity index (χ0n) is 19.8. The van der Waals surface area contributed by atoms with Gasteiger partial charge >= 0.3 is 0 Å². The van der Waals surface area contributed by atoms with Crippen LogP contribution in [0, 0.1) is 21.4 Å². The molecule has 190 valence electrons. The molecule has 11 nitrogen and oxygen atoms in total. The van der Waals surface area contributed by atoms with Gasteiger partial charge in [0.05, 0.1) is 29.0 Å². The Balaban J connectivity index is 1.52. The third-order valence-electron chi connectivity index (χ3n) is 5.28. The van der Waals surface area contributed by atoms with E-state index < -0.39 is 10.5 Å². The van der Waals surface area contributed by atoms with E-state index in [4.69, 9.17) is 21.1 Å². The molecule has 0 bridgehead atoms. The fraction of sp³-hybridized carbons (Fsp3) is 0.0769. The van der Waals surface area contributed by atoms with Crippen molar-refractivity contribution in [3.05, 3.63) is 109 Å². The number of nitrogens with one attached hydrogen (secondary N) is 2. The molecule has 12 heteroatoms. The molecule has 4 rings (SSSR count). The molecule has 0 atom stereocenters. The number of anilines is 1. The molecule has 1 heterocycles. The van der Waals surface area contributed by atoms with Crippen LogP contribution in [0.4, 0.5) is 11.6 Å². The van der Waals surface area contributed by atoms with Crippen molar-refractivity contribution in [2.75, 3.05) is 12.5 Å². The normalized spacial score (nSPS) is 10.7. The molecular weight excluding hydrogens is 512 g/mol. The van der Waals surface area contributed by atoms with E-state index in [9.17, 15) is 20.2 Å². The first kappa shape index (κ1) is 25.9. The van der Waals surface area contributed by atoms with Crippen LogP contribution in [0.5, 0.6) is 11.5 Å². The number of H-pyrrole nitrogens is 1. The molecule has 0 saturated carbocycles. The first-order valence-corrected chi connectivity index (χ1v) is 11.4. The van der Waals surface area contributed by atoms with Crippen molar-refractivity contribution in [2.45, 2.75) is 6.61 Å². The van der Waals surface area contributed by atoms with Crippen LogP contribution >= 0.6 is 11.6 Å². The Hall–Kier alpha value is -5.21. The van der Waals surface area contributed by atoms with Crippen molar-refractivity contribution in [3.63, 3.8) is 0 Å². The molecule has 3 aromatic carbocycles. The van der Waals surface area contributed by atoms with E-state index in [1.165, 1.54) is 31.5 Å². The molecule has 0 spiro atoms. The lowest BCUT2D eigenvalue weighted by Crippen LogP contribution is -2.16. The largest absolute Gasteiger partial charge is 0.496 e. The number of methoxy groups -OCH3 is 1. The number of rotatable bonds is 9. The summed E-state index contributed by atoms with van der Waals surface area (Å²) < 4.78 is 11.1. The van der Waals surface area contributed by atoms with Gasteiger partial charge in [-0.2, -0.15) is 10.4 Å². The average Bonchev–Trinajstić information content (AvgIpc) is 2.92. The number of benzene rings is 3. The highest BCUT2D eigenvalue weighted by Gasteiger charge is 2.14. The molecule has 0 radical (unpaired) electrons. The Morgan fingerprint density at radius 1 is 1.18 bits per heavy atom. The van der Waals surface area contributed by atoms with Gasteiger partial charge in [0.2, 0.25) is 5.95 Å². The molecule has 0 aliphatic rings. The molecule has 0 unspecified atom stereocenters. The van der Waals surface area contributed by atoms with Crippen LogP contribution < -0.4 is 20.5 Å². The summed E-state index contributed by atoms with van der Waals surface area (Å²) in [6.45, 7) is 0.0702. The van der Waals surface area contributed by atoms with Gasteiger partial charge in [-0.05, 0) is 29.8 Å². The molecule has 0 amide bonds. The van der Waals surface area contributed by atoms with E-state index in [1.54, 1.807) is 42.5 Å². The fourth-order valence-electron chi connectivity index (χ4n) is 3.47. The average molecular weight is 531 g/mol. The predicted octanol–water partition coefficient (Wildman–Crippen LogP) is 4.90. The molecule has 0 aliphatic heterocycles. The van der Waals surface area contributed by atoms with Gasteiger partial charge in [0.25, 0.3) is 11.2 Å². The maximum absolute atomic E-state index is 12.4. The fourth-order valence-corrected chi connectivity index (χ4v) is 3.70. The first-order valence-electron chi connectivity index (χ1n) is 11.0. The molecular formula is C26H19ClN6O5. The third-order valence-corrected chi connectivity index (χ3v) is 5.57. The quantitative estimate of drug-likeness (QED) is 0.176. The zero-order valence-corrected chi connectivity index (χ0v) is 20.6. The number of nitro groups is 1. The molecule has 2 N–H and O–H groups in total. The van der Waals surface area contributed by atoms with E-state index in [0.29, 0.717) is 22.4 Å². The van der Waals surface area contributed by atoms with Crippen LogP contribution in [0.3, 0.4) is 0 Å². The van der Waals surface area contributed by atoms with E-state index in [1.807, 2.05) is 12.1 Å². The minimum absolute atomic E-state index is 0.0639. The van der Waals surface area contributed by atoms with Gasteiger partial charge in [-0.3, -0.25) is 19.9 Å². The van der Waals surface area contributed by atoms with Crippen molar-refractivity contribution in [1.82, 2.24) is 9.97 Å². The second-order valence-corrected chi connectivity index (χ2v) is 8.12. The predicted molar refractivity (Wildman–Crippen MR) is 142 cm³/mol. The monoisotopic (exact) mass is 530 g/mol. The molecule has 0 aliphatic carbocycles. The molecule has 0 saturated heterocycles. The molecule has 0 fully saturated rings. The van der Waals surface area contributed by atoms with Crippen molar-refractivity contribution < 1.29 is 14.4 Å². The first-order chi connectivity index (χ1) is 18.4. The summed E-state index contributed by atoms with van der Waals surface area (Å²) in [4.78, 5) is 29.6. The van der Waals surface area contributed by atoms with Gasteiger partial charge in [-0.15, -0.1) is 0 Å². The summed E-state index contributed by atoms with van der Waals surface area (Å²) >= 11 is 6.11. The Bertz CT molecular complexity index is 1620. The highest BCUT2D eigenvalue weighted by Crippen LogP contribution is 2.30. The van der Waals surface area contributed by atoms with Crippen molar-refractivity contribution in [2.24, 2.45) is 5.10 Å². The van der Waals surface area contributed by atoms with Crippen molar-refractivity contribution in [1.29, 1.82) is 5.26 Å². The maximum atomic E-state index is 12.4. The van der Waals surface area contributed by atoms with E-state index in [0.717, 1.165) is 0 Å². The van der Waals surface area contributed by atoms with Gasteiger partial charge in [0, 0.05) is 23.3 Å². The molecule has 38 heavy (non-hydrogen) atoms. The van der Waals surface area contributed by atoms with E-state index >= 15 is 0 Å². The zero-order chi connectivity index (χ0) is 27.1. The molecule has 1 aromatic heterocycles. The van der Waals surface area contributed by atoms with Crippen molar-refractivity contribution >= 4 is 29.5 Å². The minimum Gasteiger partial charge on any atom is -0.496 e. The van der Waals surface area contributed by atoms with Crippen LogP contribution in [0.1, 0.15) is 16.7 Å². The number of aromatic nitrogens is 2. The molecule has 4 aromatic rings. The smallest absolute Gasteiger partial charge is 0.271 e. The number of nitriles is 1. The number of ether oxygens (including phenoxy) is 2. The van der Waals surface area contributed by atoms with Gasteiger partial charge < -0.3 is 9.47 Å². The highest BCUT2D eigenvalue weighted by atomic mass is 35.5. The lowest BCUT2D eigenvalue weighted by Gasteiger charge is -2.12. The van der Waals surface area contributed by atoms with E-state index in [-0.39, 0.29) is 40.3 Å². The van der Waals surface area contributed by atoms with Gasteiger partial charge in [-0.25, -0.2) is 10.4 Å². The Morgan fingerprint density at radius 2 is 1.95 bits per heavy atom. The number of halogens is 1. The van der Waals surface area contributed by atoms with Crippen LogP contribution in [0.2, 0.25) is 5.02 Å². The number of nitrogens with zero attached hydrogens (tertiary/aromatic N) is 4. The number of non-ortho nitro benzene ring substituents is 1.